The van der Waals surface area contributed by atoms with E-state index in [0.29, 0.717) is 16.0 Å². The number of amides is 1. The van der Waals surface area contributed by atoms with E-state index in [9.17, 15) is 4.79 Å². The number of carbonyl (C=O) groups excluding carboxylic acids is 1. The minimum atomic E-state index is -0.106. The second-order valence-corrected chi connectivity index (χ2v) is 8.88. The number of nitrogens with zero attached hydrogens (tertiary/aromatic N) is 3. The fourth-order valence-electron chi connectivity index (χ4n) is 3.30. The molecule has 1 N–H and O–H groups in total. The van der Waals surface area contributed by atoms with Crippen molar-refractivity contribution in [2.45, 2.75) is 19.0 Å². The summed E-state index contributed by atoms with van der Waals surface area (Å²) in [5.74, 6) is 1.51. The molecule has 4 aromatic rings. The van der Waals surface area contributed by atoms with Crippen LogP contribution in [0.4, 0.5) is 5.69 Å². The Kier molecular flexibility index (Phi) is 7.01. The molecule has 1 heterocycles. The van der Waals surface area contributed by atoms with Crippen LogP contribution in [0.2, 0.25) is 5.02 Å². The number of ether oxygens (including phenoxy) is 1. The van der Waals surface area contributed by atoms with Gasteiger partial charge in [-0.3, -0.25) is 9.36 Å². The van der Waals surface area contributed by atoms with Crippen molar-refractivity contribution in [3.8, 4) is 22.8 Å². The summed E-state index contributed by atoms with van der Waals surface area (Å²) >= 11 is 7.42. The van der Waals surface area contributed by atoms with Crippen molar-refractivity contribution in [2.24, 2.45) is 0 Å². The van der Waals surface area contributed by atoms with Gasteiger partial charge in [0.2, 0.25) is 5.91 Å². The van der Waals surface area contributed by atoms with Gasteiger partial charge < -0.3 is 10.1 Å². The first-order valence-electron chi connectivity index (χ1n) is 10.3. The smallest absolute Gasteiger partial charge is 0.234 e. The molecule has 1 amide bonds. The number of thioether (sulfide) groups is 1. The summed E-state index contributed by atoms with van der Waals surface area (Å²) in [5.41, 5.74) is 4.66. The second kappa shape index (κ2) is 10.1. The number of anilines is 1. The molecule has 6 nitrogen and oxygen atoms in total. The Hall–Kier alpha value is -3.29. The molecular formula is C25H23ClN4O2S. The van der Waals surface area contributed by atoms with Crippen LogP contribution in [0.15, 0.2) is 71.9 Å². The predicted molar refractivity (Wildman–Crippen MR) is 134 cm³/mol. The van der Waals surface area contributed by atoms with Crippen LogP contribution in [0.5, 0.6) is 5.75 Å². The van der Waals surface area contributed by atoms with Crippen LogP contribution in [-0.2, 0) is 4.79 Å². The normalized spacial score (nSPS) is 10.8. The third-order valence-electron chi connectivity index (χ3n) is 5.07. The molecule has 0 radical (unpaired) electrons. The van der Waals surface area contributed by atoms with Crippen molar-refractivity contribution in [2.75, 3.05) is 18.2 Å². The molecule has 0 aliphatic heterocycles. The van der Waals surface area contributed by atoms with Crippen molar-refractivity contribution < 1.29 is 9.53 Å². The number of nitrogens with one attached hydrogen (secondary N) is 1. The molecule has 0 bridgehead atoms. The van der Waals surface area contributed by atoms with Crippen LogP contribution in [0, 0.1) is 13.8 Å². The van der Waals surface area contributed by atoms with Crippen molar-refractivity contribution >= 4 is 35.0 Å². The Morgan fingerprint density at radius 3 is 2.45 bits per heavy atom. The van der Waals surface area contributed by atoms with Crippen LogP contribution in [0.25, 0.3) is 17.1 Å². The summed E-state index contributed by atoms with van der Waals surface area (Å²) in [6, 6.07) is 21.0. The lowest BCUT2D eigenvalue weighted by atomic mass is 10.1. The van der Waals surface area contributed by atoms with E-state index in [1.54, 1.807) is 7.11 Å². The maximum absolute atomic E-state index is 12.7. The van der Waals surface area contributed by atoms with Gasteiger partial charge in [-0.1, -0.05) is 35.5 Å². The molecule has 0 aliphatic rings. The van der Waals surface area contributed by atoms with Gasteiger partial charge in [-0.05, 0) is 79.6 Å². The van der Waals surface area contributed by atoms with Gasteiger partial charge in [-0.2, -0.15) is 0 Å². The standard InChI is InChI=1S/C25H23ClN4O2S/c1-16-4-5-17(2)22(14-16)27-23(31)15-33-25-29-28-24(18-6-12-21(32-3)13-7-18)30(25)20-10-8-19(26)9-11-20/h4-14H,15H2,1-3H3,(H,27,31). The molecule has 0 spiro atoms. The van der Waals surface area contributed by atoms with E-state index in [0.717, 1.165) is 33.8 Å². The van der Waals surface area contributed by atoms with Gasteiger partial charge in [0.1, 0.15) is 5.75 Å². The van der Waals surface area contributed by atoms with Crippen molar-refractivity contribution in [1.29, 1.82) is 0 Å². The highest BCUT2D eigenvalue weighted by molar-refractivity contribution is 7.99. The zero-order chi connectivity index (χ0) is 23.4. The largest absolute Gasteiger partial charge is 0.497 e. The lowest BCUT2D eigenvalue weighted by Gasteiger charge is -2.12. The Balaban J connectivity index is 1.60. The summed E-state index contributed by atoms with van der Waals surface area (Å²) in [6.45, 7) is 3.97. The van der Waals surface area contributed by atoms with Crippen molar-refractivity contribution in [3.63, 3.8) is 0 Å². The van der Waals surface area contributed by atoms with Crippen molar-refractivity contribution in [3.05, 3.63) is 82.9 Å². The number of benzene rings is 3. The van der Waals surface area contributed by atoms with Gasteiger partial charge in [0.15, 0.2) is 11.0 Å². The average molecular weight is 479 g/mol. The highest BCUT2D eigenvalue weighted by Crippen LogP contribution is 2.30. The maximum atomic E-state index is 12.7. The van der Waals surface area contributed by atoms with Gasteiger partial charge in [-0.15, -0.1) is 10.2 Å². The molecule has 1 aromatic heterocycles. The first kappa shape index (κ1) is 22.9. The number of methoxy groups -OCH3 is 1. The van der Waals surface area contributed by atoms with E-state index in [4.69, 9.17) is 16.3 Å². The van der Waals surface area contributed by atoms with Crippen LogP contribution in [0.1, 0.15) is 11.1 Å². The number of hydrogen-bond acceptors (Lipinski definition) is 5. The Labute approximate surface area is 202 Å². The number of aromatic nitrogens is 3. The third-order valence-corrected chi connectivity index (χ3v) is 6.25. The van der Waals surface area contributed by atoms with E-state index in [1.165, 1.54) is 11.8 Å². The fraction of sp³-hybridized carbons (Fsp3) is 0.160. The summed E-state index contributed by atoms with van der Waals surface area (Å²) in [5, 5.41) is 13.0. The maximum Gasteiger partial charge on any atom is 0.234 e. The summed E-state index contributed by atoms with van der Waals surface area (Å²) in [6.07, 6.45) is 0. The van der Waals surface area contributed by atoms with Gasteiger partial charge in [0.25, 0.3) is 0 Å². The monoisotopic (exact) mass is 478 g/mol. The van der Waals surface area contributed by atoms with Crippen molar-refractivity contribution in [1.82, 2.24) is 14.8 Å². The molecule has 168 valence electrons. The zero-order valence-corrected chi connectivity index (χ0v) is 20.1. The van der Waals surface area contributed by atoms with E-state index < -0.39 is 0 Å². The Bertz CT molecular complexity index is 1270. The molecule has 33 heavy (non-hydrogen) atoms. The molecule has 0 saturated carbocycles. The molecule has 8 heteroatoms. The van der Waals surface area contributed by atoms with E-state index in [-0.39, 0.29) is 11.7 Å². The Morgan fingerprint density at radius 1 is 1.03 bits per heavy atom. The lowest BCUT2D eigenvalue weighted by Crippen LogP contribution is -2.15. The van der Waals surface area contributed by atoms with Gasteiger partial charge in [-0.25, -0.2) is 0 Å². The van der Waals surface area contributed by atoms with Gasteiger partial charge >= 0.3 is 0 Å². The van der Waals surface area contributed by atoms with E-state index >= 15 is 0 Å². The zero-order valence-electron chi connectivity index (χ0n) is 18.5. The molecule has 0 unspecified atom stereocenters. The number of halogens is 1. The summed E-state index contributed by atoms with van der Waals surface area (Å²) in [4.78, 5) is 12.7. The minimum absolute atomic E-state index is 0.106. The first-order chi connectivity index (χ1) is 15.9. The quantitative estimate of drug-likeness (QED) is 0.333. The van der Waals surface area contributed by atoms with Crippen LogP contribution < -0.4 is 10.1 Å². The highest BCUT2D eigenvalue weighted by atomic mass is 35.5. The van der Waals surface area contributed by atoms with Gasteiger partial charge in [0, 0.05) is 22.0 Å². The SMILES string of the molecule is COc1ccc(-c2nnc(SCC(=O)Nc3cc(C)ccc3C)n2-c2ccc(Cl)cc2)cc1. The molecule has 0 fully saturated rings. The number of aryl methyl sites for hydroxylation is 2. The number of carbonyl (C=O) groups is 1. The molecule has 3 aromatic carbocycles. The summed E-state index contributed by atoms with van der Waals surface area (Å²) in [7, 11) is 1.63. The van der Waals surface area contributed by atoms with E-state index in [2.05, 4.69) is 15.5 Å². The summed E-state index contributed by atoms with van der Waals surface area (Å²) < 4.78 is 7.19. The number of hydrogen-bond donors (Lipinski definition) is 1. The predicted octanol–water partition coefficient (Wildman–Crippen LogP) is 5.94. The lowest BCUT2D eigenvalue weighted by molar-refractivity contribution is -0.113. The molecule has 0 atom stereocenters. The molecule has 0 saturated heterocycles. The van der Waals surface area contributed by atoms with Crippen LogP contribution in [0.3, 0.4) is 0 Å². The topological polar surface area (TPSA) is 69.0 Å². The average Bonchev–Trinajstić information content (AvgIpc) is 3.24. The molecule has 4 rings (SSSR count). The third kappa shape index (κ3) is 5.38. The van der Waals surface area contributed by atoms with E-state index in [1.807, 2.05) is 85.1 Å². The van der Waals surface area contributed by atoms with Crippen LogP contribution in [-0.4, -0.2) is 33.5 Å². The van der Waals surface area contributed by atoms with Crippen LogP contribution >= 0.6 is 23.4 Å². The Morgan fingerprint density at radius 2 is 1.76 bits per heavy atom. The molecular weight excluding hydrogens is 456 g/mol. The first-order valence-corrected chi connectivity index (χ1v) is 11.7. The minimum Gasteiger partial charge on any atom is -0.497 e. The number of rotatable bonds is 7. The van der Waals surface area contributed by atoms with Gasteiger partial charge in [0.05, 0.1) is 12.9 Å². The second-order valence-electron chi connectivity index (χ2n) is 7.50. The fourth-order valence-corrected chi connectivity index (χ4v) is 4.18. The molecule has 0 aliphatic carbocycles. The highest BCUT2D eigenvalue weighted by Gasteiger charge is 2.18.